The van der Waals surface area contributed by atoms with Gasteiger partial charge in [-0.05, 0) is 36.1 Å². The average Bonchev–Trinajstić information content (AvgIpc) is 2.69. The van der Waals surface area contributed by atoms with Crippen molar-refractivity contribution in [1.29, 1.82) is 0 Å². The van der Waals surface area contributed by atoms with E-state index < -0.39 is 0 Å². The number of aromatic hydroxyl groups is 1. The lowest BCUT2D eigenvalue weighted by Gasteiger charge is -2.04. The Bertz CT molecular complexity index is 602. The van der Waals surface area contributed by atoms with Crippen molar-refractivity contribution < 1.29 is 5.11 Å². The molecule has 0 saturated heterocycles. The van der Waals surface area contributed by atoms with Crippen molar-refractivity contribution in [3.63, 3.8) is 0 Å². The van der Waals surface area contributed by atoms with Crippen molar-refractivity contribution >= 4 is 11.4 Å². The van der Waals surface area contributed by atoms with Gasteiger partial charge in [0.2, 0.25) is 0 Å². The molecule has 0 bridgehead atoms. The van der Waals surface area contributed by atoms with Gasteiger partial charge in [-0.15, -0.1) is 0 Å². The van der Waals surface area contributed by atoms with Crippen LogP contribution in [0, 0.1) is 0 Å². The lowest BCUT2D eigenvalue weighted by Crippen LogP contribution is -1.94. The topological polar surface area (TPSA) is 32.6 Å². The number of para-hydroxylation sites is 1. The molecule has 0 spiro atoms. The summed E-state index contributed by atoms with van der Waals surface area (Å²) in [6.07, 6.45) is 0.891. The number of phenolic OH excluding ortho intramolecular Hbond substituents is 1. The Hall–Kier alpha value is -2.09. The van der Waals surface area contributed by atoms with E-state index in [2.05, 4.69) is 18.0 Å². The second-order valence-corrected chi connectivity index (χ2v) is 4.74. The fourth-order valence-corrected chi connectivity index (χ4v) is 2.54. The van der Waals surface area contributed by atoms with Crippen molar-refractivity contribution in [3.8, 4) is 5.75 Å². The third kappa shape index (κ3) is 1.80. The van der Waals surface area contributed by atoms with Crippen LogP contribution >= 0.6 is 0 Å². The van der Waals surface area contributed by atoms with E-state index in [1.165, 1.54) is 5.56 Å². The van der Waals surface area contributed by atoms with Crippen LogP contribution in [-0.2, 0) is 0 Å². The predicted octanol–water partition coefficient (Wildman–Crippen LogP) is 4.02. The minimum Gasteiger partial charge on any atom is -0.507 e. The van der Waals surface area contributed by atoms with E-state index in [4.69, 9.17) is 0 Å². The smallest absolute Gasteiger partial charge is 0.124 e. The Morgan fingerprint density at radius 1 is 1.06 bits per heavy atom. The first-order valence-electron chi connectivity index (χ1n) is 6.20. The summed E-state index contributed by atoms with van der Waals surface area (Å²) in [5, 5.41) is 10.0. The van der Waals surface area contributed by atoms with Gasteiger partial charge in [0.1, 0.15) is 5.75 Å². The van der Waals surface area contributed by atoms with Crippen molar-refractivity contribution in [1.82, 2.24) is 0 Å². The highest BCUT2D eigenvalue weighted by Gasteiger charge is 2.26. The van der Waals surface area contributed by atoms with Gasteiger partial charge in [-0.3, -0.25) is 4.99 Å². The maximum Gasteiger partial charge on any atom is 0.124 e. The highest BCUT2D eigenvalue weighted by atomic mass is 16.3. The Kier molecular flexibility index (Phi) is 2.63. The van der Waals surface area contributed by atoms with Gasteiger partial charge in [-0.25, -0.2) is 0 Å². The fourth-order valence-electron chi connectivity index (χ4n) is 2.54. The Balaban J connectivity index is 2.11. The number of rotatable bonds is 1. The predicted molar refractivity (Wildman–Crippen MR) is 73.8 cm³/mol. The number of aliphatic imine (C=N–C) groups is 1. The van der Waals surface area contributed by atoms with E-state index in [9.17, 15) is 5.11 Å². The zero-order chi connectivity index (χ0) is 12.5. The van der Waals surface area contributed by atoms with Crippen LogP contribution in [0.25, 0.3) is 0 Å². The molecular formula is C16H15NO. The number of benzene rings is 2. The van der Waals surface area contributed by atoms with Crippen LogP contribution in [-0.4, -0.2) is 10.8 Å². The molecule has 0 unspecified atom stereocenters. The standard InChI is InChI=1S/C16H15NO/c1-11-10-14(17-12-6-3-2-4-7-12)16-13(11)8-5-9-15(16)18/h2-9,11,18H,10H2,1H3/t11-/m1/s1. The summed E-state index contributed by atoms with van der Waals surface area (Å²) in [5.41, 5.74) is 4.05. The van der Waals surface area contributed by atoms with E-state index in [0.717, 1.165) is 23.4 Å². The SMILES string of the molecule is C[C@@H]1CC(=Nc2ccccc2)c2c(O)cccc21. The zero-order valence-electron chi connectivity index (χ0n) is 10.3. The van der Waals surface area contributed by atoms with Crippen molar-refractivity contribution in [3.05, 3.63) is 59.7 Å². The lowest BCUT2D eigenvalue weighted by atomic mass is 10.0. The van der Waals surface area contributed by atoms with Crippen LogP contribution < -0.4 is 0 Å². The minimum absolute atomic E-state index is 0.339. The molecule has 0 heterocycles. The molecule has 1 N–H and O–H groups in total. The molecule has 2 aromatic carbocycles. The molecule has 0 aromatic heterocycles. The third-order valence-electron chi connectivity index (χ3n) is 3.41. The quantitative estimate of drug-likeness (QED) is 0.798. The molecule has 0 radical (unpaired) electrons. The second kappa shape index (κ2) is 4.30. The summed E-state index contributed by atoms with van der Waals surface area (Å²) >= 11 is 0. The maximum absolute atomic E-state index is 10.0. The summed E-state index contributed by atoms with van der Waals surface area (Å²) in [7, 11) is 0. The molecule has 1 atom stereocenters. The molecule has 1 aliphatic carbocycles. The summed E-state index contributed by atoms with van der Waals surface area (Å²) in [6, 6.07) is 15.6. The van der Waals surface area contributed by atoms with Gasteiger partial charge < -0.3 is 5.11 Å². The summed E-state index contributed by atoms with van der Waals surface area (Å²) in [6.45, 7) is 2.17. The number of hydrogen-bond acceptors (Lipinski definition) is 2. The highest BCUT2D eigenvalue weighted by Crippen LogP contribution is 2.38. The Labute approximate surface area is 107 Å². The van der Waals surface area contributed by atoms with E-state index in [-0.39, 0.29) is 0 Å². The maximum atomic E-state index is 10.0. The van der Waals surface area contributed by atoms with Gasteiger partial charge in [-0.1, -0.05) is 37.3 Å². The van der Waals surface area contributed by atoms with E-state index in [0.29, 0.717) is 11.7 Å². The lowest BCUT2D eigenvalue weighted by molar-refractivity contribution is 0.474. The third-order valence-corrected chi connectivity index (χ3v) is 3.41. The molecule has 3 rings (SSSR count). The van der Waals surface area contributed by atoms with Crippen LogP contribution in [0.3, 0.4) is 0 Å². The largest absolute Gasteiger partial charge is 0.507 e. The first-order chi connectivity index (χ1) is 8.75. The Morgan fingerprint density at radius 3 is 2.61 bits per heavy atom. The zero-order valence-corrected chi connectivity index (χ0v) is 10.3. The van der Waals surface area contributed by atoms with Crippen LogP contribution in [0.5, 0.6) is 5.75 Å². The van der Waals surface area contributed by atoms with E-state index in [1.54, 1.807) is 6.07 Å². The molecule has 0 amide bonds. The summed E-state index contributed by atoms with van der Waals surface area (Å²) in [4.78, 5) is 4.67. The van der Waals surface area contributed by atoms with Gasteiger partial charge in [-0.2, -0.15) is 0 Å². The average molecular weight is 237 g/mol. The van der Waals surface area contributed by atoms with Gasteiger partial charge in [0.25, 0.3) is 0 Å². The number of nitrogens with zero attached hydrogens (tertiary/aromatic N) is 1. The van der Waals surface area contributed by atoms with Gasteiger partial charge in [0.15, 0.2) is 0 Å². The fraction of sp³-hybridized carbons (Fsp3) is 0.188. The molecule has 0 saturated carbocycles. The van der Waals surface area contributed by atoms with Crippen molar-refractivity contribution in [2.75, 3.05) is 0 Å². The van der Waals surface area contributed by atoms with Crippen molar-refractivity contribution in [2.24, 2.45) is 4.99 Å². The van der Waals surface area contributed by atoms with Crippen LogP contribution in [0.1, 0.15) is 30.4 Å². The first-order valence-corrected chi connectivity index (χ1v) is 6.20. The summed E-state index contributed by atoms with van der Waals surface area (Å²) < 4.78 is 0. The monoisotopic (exact) mass is 237 g/mol. The number of hydrogen-bond donors (Lipinski definition) is 1. The van der Waals surface area contributed by atoms with Gasteiger partial charge in [0, 0.05) is 5.56 Å². The first kappa shape index (κ1) is 11.0. The Morgan fingerprint density at radius 2 is 1.83 bits per heavy atom. The van der Waals surface area contributed by atoms with E-state index >= 15 is 0 Å². The molecule has 2 heteroatoms. The molecular weight excluding hydrogens is 222 g/mol. The highest BCUT2D eigenvalue weighted by molar-refractivity contribution is 6.08. The number of phenols is 1. The minimum atomic E-state index is 0.339. The van der Waals surface area contributed by atoms with Crippen molar-refractivity contribution in [2.45, 2.75) is 19.3 Å². The molecule has 1 aliphatic rings. The molecule has 2 nitrogen and oxygen atoms in total. The van der Waals surface area contributed by atoms with E-state index in [1.807, 2.05) is 36.4 Å². The van der Waals surface area contributed by atoms with Gasteiger partial charge >= 0.3 is 0 Å². The van der Waals surface area contributed by atoms with Crippen LogP contribution in [0.4, 0.5) is 5.69 Å². The molecule has 18 heavy (non-hydrogen) atoms. The number of fused-ring (bicyclic) bond motifs is 1. The normalized spacial score (nSPS) is 20.1. The second-order valence-electron chi connectivity index (χ2n) is 4.74. The molecule has 0 fully saturated rings. The van der Waals surface area contributed by atoms with Crippen LogP contribution in [0.2, 0.25) is 0 Å². The molecule has 0 aliphatic heterocycles. The molecule has 90 valence electrons. The van der Waals surface area contributed by atoms with Crippen LogP contribution in [0.15, 0.2) is 53.5 Å². The molecule has 2 aromatic rings. The summed E-state index contributed by atoms with van der Waals surface area (Å²) in [5.74, 6) is 0.765. The van der Waals surface area contributed by atoms with Gasteiger partial charge in [0.05, 0.1) is 11.4 Å².